The molecule has 0 spiro atoms. The van der Waals surface area contributed by atoms with Crippen LogP contribution >= 0.6 is 0 Å². The molecule has 0 N–H and O–H groups in total. The molecule has 0 unspecified atom stereocenters. The number of aromatic nitrogens is 1. The first-order valence-electron chi connectivity index (χ1n) is 9.54. The Hall–Kier alpha value is -3.80. The molecule has 1 atom stereocenters. The number of carbonyl (C=O) groups is 1. The number of anilines is 1. The Bertz CT molecular complexity index is 1390. The largest absolute Gasteiger partial charge is 0.450 e. The quantitative estimate of drug-likeness (QED) is 0.490. The van der Waals surface area contributed by atoms with Crippen LogP contribution in [0.3, 0.4) is 0 Å². The van der Waals surface area contributed by atoms with Gasteiger partial charge in [-0.2, -0.15) is 0 Å². The fraction of sp³-hybridized carbons (Fsp3) is 0.125. The van der Waals surface area contributed by atoms with E-state index < -0.39 is 17.8 Å². The summed E-state index contributed by atoms with van der Waals surface area (Å²) in [4.78, 5) is 32.7. The zero-order chi connectivity index (χ0) is 21.0. The molecule has 148 valence electrons. The van der Waals surface area contributed by atoms with Gasteiger partial charge in [0.1, 0.15) is 17.2 Å². The van der Waals surface area contributed by atoms with Crippen molar-refractivity contribution in [1.29, 1.82) is 0 Å². The lowest BCUT2D eigenvalue weighted by molar-refractivity contribution is 0.0970. The van der Waals surface area contributed by atoms with Crippen molar-refractivity contribution in [1.82, 2.24) is 4.98 Å². The predicted molar refractivity (Wildman–Crippen MR) is 111 cm³/mol. The van der Waals surface area contributed by atoms with Crippen LogP contribution in [0.15, 0.2) is 69.9 Å². The van der Waals surface area contributed by atoms with E-state index in [2.05, 4.69) is 4.98 Å². The molecule has 1 aliphatic heterocycles. The number of hydrogen-bond donors (Lipinski definition) is 0. The molecule has 3 heterocycles. The number of rotatable bonds is 2. The average Bonchev–Trinajstić information content (AvgIpc) is 3.01. The van der Waals surface area contributed by atoms with Gasteiger partial charge in [0.05, 0.1) is 17.0 Å². The second-order valence-corrected chi connectivity index (χ2v) is 7.41. The van der Waals surface area contributed by atoms with Crippen molar-refractivity contribution < 1.29 is 13.6 Å². The molecule has 4 aromatic rings. The summed E-state index contributed by atoms with van der Waals surface area (Å²) < 4.78 is 20.7. The standard InChI is InChI=1S/C24H17FN2O3/c1-13-10-11-18-16(12-13)22(28)20-21(15-7-3-4-8-17(15)25)27(24(29)23(20)30-18)19-9-5-6-14(2)26-19/h3-12,21H,1-2H3/t21-/m0/s1. The molecular formula is C24H17FN2O3. The maximum atomic E-state index is 14.8. The van der Waals surface area contributed by atoms with Crippen molar-refractivity contribution in [2.75, 3.05) is 4.90 Å². The molecule has 0 aliphatic carbocycles. The minimum atomic E-state index is -0.968. The Labute approximate surface area is 171 Å². The van der Waals surface area contributed by atoms with E-state index in [-0.39, 0.29) is 22.3 Å². The molecular weight excluding hydrogens is 383 g/mol. The highest BCUT2D eigenvalue weighted by atomic mass is 19.1. The monoisotopic (exact) mass is 400 g/mol. The van der Waals surface area contributed by atoms with Gasteiger partial charge in [-0.1, -0.05) is 35.9 Å². The first kappa shape index (κ1) is 18.2. The summed E-state index contributed by atoms with van der Waals surface area (Å²) in [6.07, 6.45) is 0. The fourth-order valence-electron chi connectivity index (χ4n) is 3.98. The van der Waals surface area contributed by atoms with E-state index in [0.717, 1.165) is 5.56 Å². The zero-order valence-electron chi connectivity index (χ0n) is 16.3. The summed E-state index contributed by atoms with van der Waals surface area (Å²) in [7, 11) is 0. The van der Waals surface area contributed by atoms with Gasteiger partial charge >= 0.3 is 0 Å². The Morgan fingerprint density at radius 1 is 1.00 bits per heavy atom. The Balaban J connectivity index is 1.86. The van der Waals surface area contributed by atoms with Crippen LogP contribution in [0.2, 0.25) is 0 Å². The maximum absolute atomic E-state index is 14.8. The second kappa shape index (κ2) is 6.62. The number of nitrogens with zero attached hydrogens (tertiary/aromatic N) is 2. The van der Waals surface area contributed by atoms with Crippen LogP contribution in [0, 0.1) is 19.7 Å². The van der Waals surface area contributed by atoms with Gasteiger partial charge in [0.25, 0.3) is 5.91 Å². The molecule has 0 radical (unpaired) electrons. The van der Waals surface area contributed by atoms with Crippen LogP contribution in [-0.4, -0.2) is 10.9 Å². The average molecular weight is 400 g/mol. The van der Waals surface area contributed by atoms with Gasteiger partial charge in [-0.3, -0.25) is 14.5 Å². The van der Waals surface area contributed by atoms with Crippen LogP contribution < -0.4 is 10.3 Å². The lowest BCUT2D eigenvalue weighted by atomic mass is 9.97. The van der Waals surface area contributed by atoms with E-state index in [9.17, 15) is 14.0 Å². The summed E-state index contributed by atoms with van der Waals surface area (Å²) in [5.41, 5.74) is 1.91. The molecule has 1 amide bonds. The number of aryl methyl sites for hydroxylation is 2. The van der Waals surface area contributed by atoms with Crippen molar-refractivity contribution in [3.8, 4) is 0 Å². The third-order valence-electron chi connectivity index (χ3n) is 5.35. The summed E-state index contributed by atoms with van der Waals surface area (Å²) in [5, 5.41) is 0.363. The van der Waals surface area contributed by atoms with Crippen molar-refractivity contribution in [2.24, 2.45) is 0 Å². The molecule has 5 rings (SSSR count). The van der Waals surface area contributed by atoms with Gasteiger partial charge in [0, 0.05) is 11.3 Å². The van der Waals surface area contributed by atoms with Crippen molar-refractivity contribution >= 4 is 22.7 Å². The summed E-state index contributed by atoms with van der Waals surface area (Å²) in [6, 6.07) is 15.6. The zero-order valence-corrected chi connectivity index (χ0v) is 16.3. The number of carbonyl (C=O) groups excluding carboxylic acids is 1. The van der Waals surface area contributed by atoms with E-state index in [4.69, 9.17) is 4.42 Å². The minimum absolute atomic E-state index is 0.0760. The van der Waals surface area contributed by atoms with Gasteiger partial charge in [0.2, 0.25) is 5.76 Å². The highest BCUT2D eigenvalue weighted by molar-refractivity contribution is 6.10. The van der Waals surface area contributed by atoms with E-state index in [0.29, 0.717) is 22.5 Å². The molecule has 0 saturated carbocycles. The van der Waals surface area contributed by atoms with Crippen molar-refractivity contribution in [3.63, 3.8) is 0 Å². The lowest BCUT2D eigenvalue weighted by Gasteiger charge is -2.24. The van der Waals surface area contributed by atoms with Gasteiger partial charge in [-0.25, -0.2) is 9.37 Å². The van der Waals surface area contributed by atoms with Gasteiger partial charge in [-0.15, -0.1) is 0 Å². The molecule has 6 heteroatoms. The summed E-state index contributed by atoms with van der Waals surface area (Å²) >= 11 is 0. The van der Waals surface area contributed by atoms with Gasteiger partial charge in [-0.05, 0) is 44.2 Å². The molecule has 0 fully saturated rings. The maximum Gasteiger partial charge on any atom is 0.296 e. The molecule has 2 aromatic carbocycles. The highest BCUT2D eigenvalue weighted by Gasteiger charge is 2.45. The normalized spacial score (nSPS) is 15.6. The smallest absolute Gasteiger partial charge is 0.296 e. The van der Waals surface area contributed by atoms with E-state index in [1.807, 2.05) is 13.0 Å². The van der Waals surface area contributed by atoms with Crippen LogP contribution in [-0.2, 0) is 0 Å². The van der Waals surface area contributed by atoms with Crippen molar-refractivity contribution in [2.45, 2.75) is 19.9 Å². The second-order valence-electron chi connectivity index (χ2n) is 7.41. The SMILES string of the molecule is Cc1ccc2oc3c(c(=O)c2c1)[C@H](c1ccccc1F)N(c1cccc(C)n1)C3=O. The van der Waals surface area contributed by atoms with Crippen LogP contribution in [0.4, 0.5) is 10.2 Å². The predicted octanol–water partition coefficient (Wildman–Crippen LogP) is 4.69. The summed E-state index contributed by atoms with van der Waals surface area (Å²) in [5.74, 6) is -0.771. The first-order chi connectivity index (χ1) is 14.5. The van der Waals surface area contributed by atoms with Crippen LogP contribution in [0.25, 0.3) is 11.0 Å². The third kappa shape index (κ3) is 2.64. The molecule has 0 bridgehead atoms. The minimum Gasteiger partial charge on any atom is -0.450 e. The molecule has 0 saturated heterocycles. The van der Waals surface area contributed by atoms with Crippen LogP contribution in [0.1, 0.15) is 39.0 Å². The topological polar surface area (TPSA) is 63.4 Å². The van der Waals surface area contributed by atoms with Crippen molar-refractivity contribution in [3.05, 3.63) is 105 Å². The fourth-order valence-corrected chi connectivity index (χ4v) is 3.98. The highest BCUT2D eigenvalue weighted by Crippen LogP contribution is 2.41. The van der Waals surface area contributed by atoms with E-state index in [1.54, 1.807) is 55.5 Å². The molecule has 1 aliphatic rings. The Morgan fingerprint density at radius 2 is 1.80 bits per heavy atom. The van der Waals surface area contributed by atoms with E-state index in [1.165, 1.54) is 11.0 Å². The number of benzene rings is 2. The number of hydrogen-bond acceptors (Lipinski definition) is 4. The summed E-state index contributed by atoms with van der Waals surface area (Å²) in [6.45, 7) is 3.67. The molecule has 30 heavy (non-hydrogen) atoms. The van der Waals surface area contributed by atoms with Gasteiger partial charge < -0.3 is 4.42 Å². The molecule has 5 nitrogen and oxygen atoms in total. The number of pyridine rings is 1. The first-order valence-corrected chi connectivity index (χ1v) is 9.54. The van der Waals surface area contributed by atoms with Gasteiger partial charge in [0.15, 0.2) is 5.43 Å². The third-order valence-corrected chi connectivity index (χ3v) is 5.35. The Morgan fingerprint density at radius 3 is 2.57 bits per heavy atom. The Kier molecular flexibility index (Phi) is 4.03. The molecule has 2 aromatic heterocycles. The lowest BCUT2D eigenvalue weighted by Crippen LogP contribution is -2.31. The van der Waals surface area contributed by atoms with Crippen LogP contribution in [0.5, 0.6) is 0 Å². The number of amides is 1. The van der Waals surface area contributed by atoms with E-state index >= 15 is 0 Å². The number of halogens is 1. The number of fused-ring (bicyclic) bond motifs is 2.